The minimum atomic E-state index is 0.722. The molecule has 0 N–H and O–H groups in total. The normalized spacial score (nSPS) is 28.9. The van der Waals surface area contributed by atoms with Gasteiger partial charge in [0.1, 0.15) is 0 Å². The molecule has 1 atom stereocenters. The third-order valence-corrected chi connectivity index (χ3v) is 1.46. The summed E-state index contributed by atoms with van der Waals surface area (Å²) in [4.78, 5) is 0. The minimum Gasteiger partial charge on any atom is -0.665 e. The molecule has 2 nitrogen and oxygen atoms in total. The van der Waals surface area contributed by atoms with Gasteiger partial charge in [-0.2, -0.15) is 7.05 Å². The van der Waals surface area contributed by atoms with Gasteiger partial charge in [0.2, 0.25) is 0 Å². The zero-order valence-corrected chi connectivity index (χ0v) is 5.26. The van der Waals surface area contributed by atoms with Gasteiger partial charge in [-0.3, -0.25) is 0 Å². The van der Waals surface area contributed by atoms with Crippen LogP contribution in [0.15, 0.2) is 0 Å². The maximum atomic E-state index is 5.15. The van der Waals surface area contributed by atoms with E-state index in [0.29, 0.717) is 0 Å². The lowest BCUT2D eigenvalue weighted by atomic mass is 10.1. The van der Waals surface area contributed by atoms with Crippen LogP contribution in [0.4, 0.5) is 0 Å². The smallest absolute Gasteiger partial charge is 0.0478 e. The first-order valence-corrected chi connectivity index (χ1v) is 3.07. The molecule has 1 aliphatic heterocycles. The van der Waals surface area contributed by atoms with Crippen LogP contribution < -0.4 is 0 Å². The largest absolute Gasteiger partial charge is 0.665 e. The Balaban J connectivity index is 2.06. The molecule has 1 heterocycles. The molecule has 0 amide bonds. The van der Waals surface area contributed by atoms with Gasteiger partial charge in [0.15, 0.2) is 0 Å². The Kier molecular flexibility index (Phi) is 2.30. The van der Waals surface area contributed by atoms with Gasteiger partial charge in [-0.05, 0) is 12.3 Å². The van der Waals surface area contributed by atoms with Gasteiger partial charge in [-0.25, -0.2) is 0 Å². The Labute approximate surface area is 50.2 Å². The molecule has 1 saturated heterocycles. The maximum absolute atomic E-state index is 5.15. The average molecular weight is 114 g/mol. The van der Waals surface area contributed by atoms with E-state index in [2.05, 4.69) is 5.32 Å². The first-order chi connectivity index (χ1) is 3.93. The Bertz CT molecular complexity index is 59.5. The number of nitrogens with zero attached hydrogens (tertiary/aromatic N) is 1. The molecule has 0 aromatic rings. The zero-order valence-electron chi connectivity index (χ0n) is 5.26. The third-order valence-electron chi connectivity index (χ3n) is 1.46. The fourth-order valence-electron chi connectivity index (χ4n) is 0.986. The summed E-state index contributed by atoms with van der Waals surface area (Å²) in [6.07, 6.45) is 1.21. The van der Waals surface area contributed by atoms with Gasteiger partial charge in [-0.1, -0.05) is 0 Å². The van der Waals surface area contributed by atoms with Crippen LogP contribution in [0, 0.1) is 5.92 Å². The van der Waals surface area contributed by atoms with Gasteiger partial charge in [0.25, 0.3) is 0 Å². The summed E-state index contributed by atoms with van der Waals surface area (Å²) in [5, 5.41) is 4.04. The van der Waals surface area contributed by atoms with E-state index in [1.54, 1.807) is 0 Å². The van der Waals surface area contributed by atoms with Crippen molar-refractivity contribution < 1.29 is 4.74 Å². The lowest BCUT2D eigenvalue weighted by Crippen LogP contribution is -2.03. The summed E-state index contributed by atoms with van der Waals surface area (Å²) in [6.45, 7) is 2.86. The lowest BCUT2D eigenvalue weighted by molar-refractivity contribution is 0.187. The number of hydrogen-bond donors (Lipinski definition) is 0. The van der Waals surface area contributed by atoms with Gasteiger partial charge < -0.3 is 10.1 Å². The number of ether oxygens (including phenoxy) is 1. The highest BCUT2D eigenvalue weighted by Crippen LogP contribution is 2.12. The van der Waals surface area contributed by atoms with E-state index >= 15 is 0 Å². The Morgan fingerprint density at radius 1 is 1.75 bits per heavy atom. The van der Waals surface area contributed by atoms with E-state index in [1.165, 1.54) is 6.42 Å². The Morgan fingerprint density at radius 2 is 2.62 bits per heavy atom. The molecule has 0 bridgehead atoms. The van der Waals surface area contributed by atoms with E-state index in [9.17, 15) is 0 Å². The third kappa shape index (κ3) is 1.46. The second-order valence-corrected chi connectivity index (χ2v) is 2.23. The molecule has 0 aromatic carbocycles. The van der Waals surface area contributed by atoms with Crippen molar-refractivity contribution in [2.75, 3.05) is 26.8 Å². The van der Waals surface area contributed by atoms with Crippen molar-refractivity contribution in [2.24, 2.45) is 5.92 Å². The van der Waals surface area contributed by atoms with Crippen LogP contribution in [0.25, 0.3) is 5.32 Å². The van der Waals surface area contributed by atoms with Crippen LogP contribution >= 0.6 is 0 Å². The predicted molar refractivity (Wildman–Crippen MR) is 33.1 cm³/mol. The monoisotopic (exact) mass is 114 g/mol. The average Bonchev–Trinajstić information content (AvgIpc) is 2.19. The Hall–Kier alpha value is -0.0800. The Morgan fingerprint density at radius 3 is 3.12 bits per heavy atom. The van der Waals surface area contributed by atoms with Crippen molar-refractivity contribution in [1.29, 1.82) is 0 Å². The first-order valence-electron chi connectivity index (χ1n) is 3.07. The molecule has 1 rings (SSSR count). The minimum absolute atomic E-state index is 0.722. The molecule has 1 aliphatic rings. The standard InChI is InChI=1S/C6H12NO/c1-7-4-6-2-3-8-5-6/h6H,2-5H2,1H3/q-1. The van der Waals surface area contributed by atoms with E-state index in [0.717, 1.165) is 25.7 Å². The fourth-order valence-corrected chi connectivity index (χ4v) is 0.986. The number of rotatable bonds is 2. The summed E-state index contributed by atoms with van der Waals surface area (Å²) in [5.41, 5.74) is 0. The summed E-state index contributed by atoms with van der Waals surface area (Å²) in [6, 6.07) is 0. The van der Waals surface area contributed by atoms with Crippen LogP contribution in [0.2, 0.25) is 0 Å². The van der Waals surface area contributed by atoms with Crippen LogP contribution in [-0.2, 0) is 4.74 Å². The van der Waals surface area contributed by atoms with Crippen LogP contribution in [0.5, 0.6) is 0 Å². The van der Waals surface area contributed by atoms with E-state index < -0.39 is 0 Å². The maximum Gasteiger partial charge on any atom is 0.0478 e. The molecule has 48 valence electrons. The van der Waals surface area contributed by atoms with Gasteiger partial charge >= 0.3 is 0 Å². The molecular weight excluding hydrogens is 102 g/mol. The summed E-state index contributed by atoms with van der Waals surface area (Å²) in [7, 11) is 1.86. The highest BCUT2D eigenvalue weighted by Gasteiger charge is 2.09. The van der Waals surface area contributed by atoms with E-state index in [4.69, 9.17) is 4.74 Å². The predicted octanol–water partition coefficient (Wildman–Crippen LogP) is 1.03. The van der Waals surface area contributed by atoms with Gasteiger partial charge in [0.05, 0.1) is 0 Å². The number of hydrogen-bond acceptors (Lipinski definition) is 1. The van der Waals surface area contributed by atoms with Crippen molar-refractivity contribution in [3.05, 3.63) is 5.32 Å². The highest BCUT2D eigenvalue weighted by atomic mass is 16.5. The second-order valence-electron chi connectivity index (χ2n) is 2.23. The molecule has 8 heavy (non-hydrogen) atoms. The summed E-state index contributed by atoms with van der Waals surface area (Å²) >= 11 is 0. The summed E-state index contributed by atoms with van der Waals surface area (Å²) in [5.74, 6) is 0.722. The van der Waals surface area contributed by atoms with Crippen molar-refractivity contribution in [3.8, 4) is 0 Å². The van der Waals surface area contributed by atoms with Crippen LogP contribution in [0.3, 0.4) is 0 Å². The topological polar surface area (TPSA) is 23.3 Å². The highest BCUT2D eigenvalue weighted by molar-refractivity contribution is 4.78. The fraction of sp³-hybridized carbons (Fsp3) is 1.00. The molecular formula is C6H12NO-. The summed E-state index contributed by atoms with van der Waals surface area (Å²) < 4.78 is 5.15. The van der Waals surface area contributed by atoms with Crippen LogP contribution in [0.1, 0.15) is 6.42 Å². The van der Waals surface area contributed by atoms with Crippen LogP contribution in [-0.4, -0.2) is 26.8 Å². The zero-order chi connectivity index (χ0) is 5.82. The molecule has 0 saturated carbocycles. The lowest BCUT2D eigenvalue weighted by Gasteiger charge is -2.15. The molecule has 0 radical (unpaired) electrons. The van der Waals surface area contributed by atoms with Gasteiger partial charge in [0, 0.05) is 13.2 Å². The molecule has 0 aromatic heterocycles. The molecule has 1 fully saturated rings. The van der Waals surface area contributed by atoms with Crippen molar-refractivity contribution >= 4 is 0 Å². The van der Waals surface area contributed by atoms with Crippen molar-refractivity contribution in [2.45, 2.75) is 6.42 Å². The molecule has 2 heteroatoms. The first kappa shape index (κ1) is 6.05. The van der Waals surface area contributed by atoms with E-state index in [-0.39, 0.29) is 0 Å². The molecule has 1 unspecified atom stereocenters. The van der Waals surface area contributed by atoms with Crippen molar-refractivity contribution in [3.63, 3.8) is 0 Å². The van der Waals surface area contributed by atoms with Crippen molar-refractivity contribution in [1.82, 2.24) is 0 Å². The SMILES string of the molecule is C[N-]CC1CCOC1. The molecule has 0 spiro atoms. The quantitative estimate of drug-likeness (QED) is 0.525. The second kappa shape index (κ2) is 3.05. The molecule has 0 aliphatic carbocycles. The van der Waals surface area contributed by atoms with E-state index in [1.807, 2.05) is 7.05 Å². The van der Waals surface area contributed by atoms with Gasteiger partial charge in [-0.15, -0.1) is 6.54 Å².